The average molecular weight is 326 g/mol. The van der Waals surface area contributed by atoms with Crippen molar-refractivity contribution in [3.05, 3.63) is 28.8 Å². The smallest absolute Gasteiger partial charge is 0.309 e. The van der Waals surface area contributed by atoms with E-state index in [1.165, 1.54) is 12.0 Å². The van der Waals surface area contributed by atoms with Gasteiger partial charge in [0.05, 0.1) is 26.1 Å². The molecule has 1 fully saturated rings. The van der Waals surface area contributed by atoms with Gasteiger partial charge in [0.2, 0.25) is 0 Å². The fourth-order valence-electron chi connectivity index (χ4n) is 2.77. The number of piperidine rings is 1. The Hall–Kier alpha value is -1.59. The molecule has 0 aliphatic carbocycles. The molecule has 2 rings (SSSR count). The van der Waals surface area contributed by atoms with Gasteiger partial charge in [0.15, 0.2) is 6.54 Å². The van der Waals surface area contributed by atoms with Gasteiger partial charge in [-0.2, -0.15) is 0 Å². The first kappa shape index (κ1) is 16.8. The Morgan fingerprint density at radius 1 is 1.36 bits per heavy atom. The highest BCUT2D eigenvalue weighted by atomic mass is 35.5. The molecule has 5 nitrogen and oxygen atoms in total. The number of nitrogens with one attached hydrogen (secondary N) is 2. The Bertz CT molecular complexity index is 554. The van der Waals surface area contributed by atoms with E-state index in [4.69, 9.17) is 16.3 Å². The summed E-state index contributed by atoms with van der Waals surface area (Å²) in [5, 5.41) is 3.55. The highest BCUT2D eigenvalue weighted by molar-refractivity contribution is 6.31. The lowest BCUT2D eigenvalue weighted by Gasteiger charge is -2.27. The van der Waals surface area contributed by atoms with E-state index in [-0.39, 0.29) is 17.8 Å². The molecular formula is C16H22ClN2O3+. The number of carbonyl (C=O) groups is 2. The number of halogens is 1. The van der Waals surface area contributed by atoms with E-state index in [9.17, 15) is 9.59 Å². The van der Waals surface area contributed by atoms with Crippen LogP contribution < -0.4 is 10.2 Å². The Labute approximate surface area is 135 Å². The summed E-state index contributed by atoms with van der Waals surface area (Å²) in [5.74, 6) is -0.193. The highest BCUT2D eigenvalue weighted by Crippen LogP contribution is 2.22. The third-order valence-electron chi connectivity index (χ3n) is 4.18. The lowest BCUT2D eigenvalue weighted by molar-refractivity contribution is -0.897. The van der Waals surface area contributed by atoms with Crippen molar-refractivity contribution >= 4 is 29.2 Å². The summed E-state index contributed by atoms with van der Waals surface area (Å²) >= 11 is 6.05. The minimum Gasteiger partial charge on any atom is -0.469 e. The quantitative estimate of drug-likeness (QED) is 0.814. The van der Waals surface area contributed by atoms with Crippen molar-refractivity contribution < 1.29 is 19.2 Å². The summed E-state index contributed by atoms with van der Waals surface area (Å²) in [6.07, 6.45) is 1.54. The molecule has 0 atom stereocenters. The Balaban J connectivity index is 1.83. The van der Waals surface area contributed by atoms with Crippen LogP contribution in [0.4, 0.5) is 5.69 Å². The van der Waals surface area contributed by atoms with E-state index < -0.39 is 0 Å². The second-order valence-corrected chi connectivity index (χ2v) is 6.09. The van der Waals surface area contributed by atoms with Crippen molar-refractivity contribution in [2.45, 2.75) is 19.8 Å². The second-order valence-electron chi connectivity index (χ2n) is 5.68. The van der Waals surface area contributed by atoms with Gasteiger partial charge in [-0.15, -0.1) is 0 Å². The van der Waals surface area contributed by atoms with Crippen molar-refractivity contribution in [3.63, 3.8) is 0 Å². The summed E-state index contributed by atoms with van der Waals surface area (Å²) < 4.78 is 4.77. The Kier molecular flexibility index (Phi) is 5.80. The summed E-state index contributed by atoms with van der Waals surface area (Å²) in [6.45, 7) is 3.90. The molecule has 0 radical (unpaired) electrons. The fraction of sp³-hybridized carbons (Fsp3) is 0.500. The first-order chi connectivity index (χ1) is 10.5. The number of hydrogen-bond donors (Lipinski definition) is 2. The number of amides is 1. The number of anilines is 1. The average Bonchev–Trinajstić information content (AvgIpc) is 2.52. The topological polar surface area (TPSA) is 59.8 Å². The van der Waals surface area contributed by atoms with Crippen molar-refractivity contribution in [3.8, 4) is 0 Å². The largest absolute Gasteiger partial charge is 0.469 e. The molecule has 1 aromatic rings. The number of benzene rings is 1. The van der Waals surface area contributed by atoms with Crippen LogP contribution in [0.25, 0.3) is 0 Å². The van der Waals surface area contributed by atoms with E-state index in [1.54, 1.807) is 6.07 Å². The Morgan fingerprint density at radius 2 is 2.05 bits per heavy atom. The maximum atomic E-state index is 12.1. The van der Waals surface area contributed by atoms with Gasteiger partial charge < -0.3 is 15.0 Å². The molecule has 1 aliphatic rings. The maximum Gasteiger partial charge on any atom is 0.309 e. The zero-order chi connectivity index (χ0) is 16.1. The van der Waals surface area contributed by atoms with Gasteiger partial charge >= 0.3 is 5.97 Å². The van der Waals surface area contributed by atoms with Gasteiger partial charge in [-0.3, -0.25) is 9.59 Å². The predicted molar refractivity (Wildman–Crippen MR) is 85.1 cm³/mol. The fourth-order valence-corrected chi connectivity index (χ4v) is 2.94. The molecule has 1 aliphatic heterocycles. The number of carbonyl (C=O) groups excluding carboxylic acids is 2. The zero-order valence-corrected chi connectivity index (χ0v) is 13.7. The number of hydrogen-bond acceptors (Lipinski definition) is 3. The minimum absolute atomic E-state index is 0.0213. The van der Waals surface area contributed by atoms with E-state index in [0.717, 1.165) is 37.2 Å². The molecule has 0 unspecified atom stereocenters. The van der Waals surface area contributed by atoms with Crippen LogP contribution in [-0.4, -0.2) is 38.6 Å². The van der Waals surface area contributed by atoms with Gasteiger partial charge in [-0.1, -0.05) is 17.7 Å². The maximum absolute atomic E-state index is 12.1. The molecule has 120 valence electrons. The standard InChI is InChI=1S/C16H21ClN2O3/c1-11-13(17)4-3-5-14(11)18-15(20)10-19-8-6-12(7-9-19)16(21)22-2/h3-5,12H,6-10H2,1-2H3,(H,18,20)/p+1. The van der Waals surface area contributed by atoms with E-state index in [2.05, 4.69) is 5.32 Å². The molecule has 0 saturated carbocycles. The van der Waals surface area contributed by atoms with Gasteiger partial charge in [0.25, 0.3) is 5.91 Å². The van der Waals surface area contributed by atoms with Crippen molar-refractivity contribution in [1.29, 1.82) is 0 Å². The van der Waals surface area contributed by atoms with E-state index in [0.29, 0.717) is 11.6 Å². The van der Waals surface area contributed by atoms with E-state index >= 15 is 0 Å². The van der Waals surface area contributed by atoms with Crippen LogP contribution in [0.15, 0.2) is 18.2 Å². The predicted octanol–water partition coefficient (Wildman–Crippen LogP) is 1.05. The van der Waals surface area contributed by atoms with Crippen LogP contribution in [0.3, 0.4) is 0 Å². The molecular weight excluding hydrogens is 304 g/mol. The highest BCUT2D eigenvalue weighted by Gasteiger charge is 2.29. The Morgan fingerprint density at radius 3 is 2.68 bits per heavy atom. The van der Waals surface area contributed by atoms with Crippen molar-refractivity contribution in [1.82, 2.24) is 0 Å². The minimum atomic E-state index is -0.141. The molecule has 1 aromatic carbocycles. The number of esters is 1. The number of ether oxygens (including phenoxy) is 1. The van der Waals surface area contributed by atoms with Crippen LogP contribution in [0.1, 0.15) is 18.4 Å². The van der Waals surface area contributed by atoms with Crippen LogP contribution >= 0.6 is 11.6 Å². The lowest BCUT2D eigenvalue weighted by atomic mass is 9.97. The van der Waals surface area contributed by atoms with Crippen molar-refractivity contribution in [2.24, 2.45) is 5.92 Å². The van der Waals surface area contributed by atoms with Crippen LogP contribution in [-0.2, 0) is 14.3 Å². The molecule has 0 bridgehead atoms. The molecule has 22 heavy (non-hydrogen) atoms. The van der Waals surface area contributed by atoms with Gasteiger partial charge in [0, 0.05) is 23.6 Å². The molecule has 1 amide bonds. The molecule has 1 saturated heterocycles. The number of likely N-dealkylation sites (tertiary alicyclic amines) is 1. The number of rotatable bonds is 4. The van der Waals surface area contributed by atoms with E-state index in [1.807, 2.05) is 19.1 Å². The molecule has 1 heterocycles. The monoisotopic (exact) mass is 325 g/mol. The third-order valence-corrected chi connectivity index (χ3v) is 4.59. The summed E-state index contributed by atoms with van der Waals surface area (Å²) in [4.78, 5) is 24.8. The van der Waals surface area contributed by atoms with Crippen molar-refractivity contribution in [2.75, 3.05) is 32.1 Å². The zero-order valence-electron chi connectivity index (χ0n) is 12.9. The first-order valence-corrected chi connectivity index (χ1v) is 7.85. The SMILES string of the molecule is COC(=O)C1CC[NH+](CC(=O)Nc2cccc(Cl)c2C)CC1. The molecule has 0 spiro atoms. The summed E-state index contributed by atoms with van der Waals surface area (Å²) in [6, 6.07) is 5.47. The van der Waals surface area contributed by atoms with Gasteiger partial charge in [0.1, 0.15) is 0 Å². The molecule has 2 N–H and O–H groups in total. The van der Waals surface area contributed by atoms with Crippen LogP contribution in [0.2, 0.25) is 5.02 Å². The van der Waals surface area contributed by atoms with Gasteiger partial charge in [-0.25, -0.2) is 0 Å². The third kappa shape index (κ3) is 4.21. The van der Waals surface area contributed by atoms with Crippen LogP contribution in [0.5, 0.6) is 0 Å². The second kappa shape index (κ2) is 7.61. The summed E-state index contributed by atoms with van der Waals surface area (Å²) in [5.41, 5.74) is 1.62. The van der Waals surface area contributed by atoms with Crippen LogP contribution in [0, 0.1) is 12.8 Å². The summed E-state index contributed by atoms with van der Waals surface area (Å²) in [7, 11) is 1.42. The molecule has 0 aromatic heterocycles. The lowest BCUT2D eigenvalue weighted by Crippen LogP contribution is -3.14. The number of quaternary nitrogens is 1. The number of methoxy groups -OCH3 is 1. The normalized spacial score (nSPS) is 21.2. The first-order valence-electron chi connectivity index (χ1n) is 7.47. The van der Waals surface area contributed by atoms with Gasteiger partial charge in [-0.05, 0) is 24.6 Å². The molecule has 6 heteroatoms.